The summed E-state index contributed by atoms with van der Waals surface area (Å²) in [5, 5.41) is 20.7. The fourth-order valence-corrected chi connectivity index (χ4v) is 3.37. The number of phenols is 1. The lowest BCUT2D eigenvalue weighted by Crippen LogP contribution is -2.36. The molecule has 0 atom stereocenters. The van der Waals surface area contributed by atoms with Crippen molar-refractivity contribution in [1.82, 2.24) is 4.90 Å². The second-order valence-electron chi connectivity index (χ2n) is 7.10. The number of benzene rings is 2. The van der Waals surface area contributed by atoms with Crippen molar-refractivity contribution in [3.8, 4) is 11.5 Å². The van der Waals surface area contributed by atoms with Gasteiger partial charge in [0.1, 0.15) is 17.1 Å². The van der Waals surface area contributed by atoms with Gasteiger partial charge in [-0.1, -0.05) is 35.9 Å². The lowest BCUT2D eigenvalue weighted by atomic mass is 9.97. The van der Waals surface area contributed by atoms with E-state index in [1.807, 2.05) is 31.2 Å². The van der Waals surface area contributed by atoms with E-state index >= 15 is 0 Å². The molecule has 0 saturated carbocycles. The summed E-state index contributed by atoms with van der Waals surface area (Å²) in [6.45, 7) is 4.88. The minimum atomic E-state index is -0.354. The molecule has 0 aromatic heterocycles. The molecule has 0 unspecified atom stereocenters. The van der Waals surface area contributed by atoms with E-state index in [4.69, 9.17) is 9.47 Å². The van der Waals surface area contributed by atoms with Crippen LogP contribution >= 0.6 is 0 Å². The van der Waals surface area contributed by atoms with Gasteiger partial charge in [0, 0.05) is 25.2 Å². The molecule has 0 bridgehead atoms. The average Bonchev–Trinajstić information content (AvgIpc) is 2.75. The predicted octanol–water partition coefficient (Wildman–Crippen LogP) is 2.93. The SMILES string of the molecule is COc1cc(CO)c(CN2CCOCC2)c(O)c1C(=O)/C=C/c1ccc(C)cc1. The highest BCUT2D eigenvalue weighted by Gasteiger charge is 2.24. The first-order valence-electron chi connectivity index (χ1n) is 9.65. The first-order valence-corrected chi connectivity index (χ1v) is 9.65. The highest BCUT2D eigenvalue weighted by molar-refractivity contribution is 6.10. The maximum absolute atomic E-state index is 12.9. The van der Waals surface area contributed by atoms with Gasteiger partial charge >= 0.3 is 0 Å². The van der Waals surface area contributed by atoms with Crippen LogP contribution < -0.4 is 4.74 Å². The molecular weight excluding hydrogens is 370 g/mol. The van der Waals surface area contributed by atoms with Gasteiger partial charge in [-0.05, 0) is 30.2 Å². The van der Waals surface area contributed by atoms with Gasteiger partial charge < -0.3 is 19.7 Å². The standard InChI is InChI=1S/C23H27NO5/c1-16-3-5-17(6-4-16)7-8-20(26)22-21(28-2)13-18(15-25)19(23(22)27)14-24-9-11-29-12-10-24/h3-8,13,25,27H,9-12,14-15H2,1-2H3/b8-7+. The van der Waals surface area contributed by atoms with Gasteiger partial charge in [0.15, 0.2) is 5.78 Å². The van der Waals surface area contributed by atoms with Crippen molar-refractivity contribution in [3.05, 3.63) is 64.2 Å². The Hall–Kier alpha value is -2.67. The second kappa shape index (κ2) is 9.69. The molecule has 2 aromatic carbocycles. The number of hydrogen-bond donors (Lipinski definition) is 2. The van der Waals surface area contributed by atoms with E-state index < -0.39 is 0 Å². The third-order valence-electron chi connectivity index (χ3n) is 5.09. The van der Waals surface area contributed by atoms with E-state index in [1.54, 1.807) is 12.1 Å². The van der Waals surface area contributed by atoms with Crippen molar-refractivity contribution >= 4 is 11.9 Å². The molecule has 154 valence electrons. The van der Waals surface area contributed by atoms with Gasteiger partial charge in [0.25, 0.3) is 0 Å². The number of carbonyl (C=O) groups is 1. The Morgan fingerprint density at radius 2 is 1.93 bits per heavy atom. The molecule has 0 radical (unpaired) electrons. The second-order valence-corrected chi connectivity index (χ2v) is 7.10. The van der Waals surface area contributed by atoms with Crippen LogP contribution in [0.2, 0.25) is 0 Å². The quantitative estimate of drug-likeness (QED) is 0.552. The number of allylic oxidation sites excluding steroid dienone is 1. The first-order chi connectivity index (χ1) is 14.0. The predicted molar refractivity (Wildman–Crippen MR) is 111 cm³/mol. The summed E-state index contributed by atoms with van der Waals surface area (Å²) in [7, 11) is 1.44. The lowest BCUT2D eigenvalue weighted by molar-refractivity contribution is 0.0336. The highest BCUT2D eigenvalue weighted by Crippen LogP contribution is 2.36. The van der Waals surface area contributed by atoms with Crippen molar-refractivity contribution in [2.75, 3.05) is 33.4 Å². The monoisotopic (exact) mass is 397 g/mol. The van der Waals surface area contributed by atoms with Crippen molar-refractivity contribution in [3.63, 3.8) is 0 Å². The topological polar surface area (TPSA) is 79.2 Å². The molecule has 29 heavy (non-hydrogen) atoms. The molecule has 3 rings (SSSR count). The van der Waals surface area contributed by atoms with E-state index in [0.717, 1.165) is 24.2 Å². The van der Waals surface area contributed by atoms with Crippen molar-refractivity contribution in [2.45, 2.75) is 20.1 Å². The van der Waals surface area contributed by atoms with Crippen LogP contribution in [0.25, 0.3) is 6.08 Å². The normalized spacial score (nSPS) is 15.0. The third kappa shape index (κ3) is 5.03. The summed E-state index contributed by atoms with van der Waals surface area (Å²) < 4.78 is 10.7. The number of hydrogen-bond acceptors (Lipinski definition) is 6. The molecule has 6 nitrogen and oxygen atoms in total. The fraction of sp³-hybridized carbons (Fsp3) is 0.348. The summed E-state index contributed by atoms with van der Waals surface area (Å²) in [6, 6.07) is 9.42. The minimum absolute atomic E-state index is 0.108. The number of aliphatic hydroxyl groups excluding tert-OH is 1. The Labute approximate surface area is 171 Å². The summed E-state index contributed by atoms with van der Waals surface area (Å²) in [5.74, 6) is -0.248. The van der Waals surface area contributed by atoms with Crippen LogP contribution in [0.15, 0.2) is 36.4 Å². The number of carbonyl (C=O) groups excluding carboxylic acids is 1. The largest absolute Gasteiger partial charge is 0.507 e. The molecule has 1 saturated heterocycles. The zero-order valence-electron chi connectivity index (χ0n) is 16.9. The molecule has 2 aromatic rings. The number of aliphatic hydroxyl groups is 1. The highest BCUT2D eigenvalue weighted by atomic mass is 16.5. The van der Waals surface area contributed by atoms with Crippen LogP contribution in [0.5, 0.6) is 11.5 Å². The summed E-state index contributed by atoms with van der Waals surface area (Å²) >= 11 is 0. The van der Waals surface area contributed by atoms with Crippen LogP contribution in [-0.4, -0.2) is 54.3 Å². The molecule has 2 N–H and O–H groups in total. The molecule has 1 aliphatic rings. The maximum atomic E-state index is 12.9. The first kappa shape index (κ1) is 21.0. The third-order valence-corrected chi connectivity index (χ3v) is 5.09. The van der Waals surface area contributed by atoms with Crippen molar-refractivity contribution in [2.24, 2.45) is 0 Å². The number of phenolic OH excluding ortho intramolecular Hbond substituents is 1. The molecule has 1 aliphatic heterocycles. The van der Waals surface area contributed by atoms with Gasteiger partial charge in [-0.25, -0.2) is 0 Å². The van der Waals surface area contributed by atoms with Gasteiger partial charge in [-0.15, -0.1) is 0 Å². The number of ketones is 1. The van der Waals surface area contributed by atoms with Crippen LogP contribution in [0.3, 0.4) is 0 Å². The molecular formula is C23H27NO5. The number of methoxy groups -OCH3 is 1. The number of aryl methyl sites for hydroxylation is 1. The molecule has 0 aliphatic carbocycles. The number of nitrogens with zero attached hydrogens (tertiary/aromatic N) is 1. The van der Waals surface area contributed by atoms with Gasteiger partial charge in [-0.3, -0.25) is 9.69 Å². The number of aromatic hydroxyl groups is 1. The van der Waals surface area contributed by atoms with Crippen molar-refractivity contribution < 1.29 is 24.5 Å². The Morgan fingerprint density at radius 1 is 1.24 bits per heavy atom. The molecule has 6 heteroatoms. The van der Waals surface area contributed by atoms with Crippen LogP contribution in [0.1, 0.15) is 32.6 Å². The van der Waals surface area contributed by atoms with Gasteiger partial charge in [0.2, 0.25) is 0 Å². The zero-order chi connectivity index (χ0) is 20.8. The van der Waals surface area contributed by atoms with Crippen molar-refractivity contribution in [1.29, 1.82) is 0 Å². The van der Waals surface area contributed by atoms with E-state index in [9.17, 15) is 15.0 Å². The Bertz CT molecular complexity index is 883. The van der Waals surface area contributed by atoms with Gasteiger partial charge in [-0.2, -0.15) is 0 Å². The summed E-state index contributed by atoms with van der Waals surface area (Å²) in [4.78, 5) is 15.0. The van der Waals surface area contributed by atoms with E-state index in [-0.39, 0.29) is 29.5 Å². The van der Waals surface area contributed by atoms with Crippen LogP contribution in [0.4, 0.5) is 0 Å². The average molecular weight is 397 g/mol. The van der Waals surface area contributed by atoms with E-state index in [1.165, 1.54) is 13.2 Å². The van der Waals surface area contributed by atoms with Crippen LogP contribution in [0, 0.1) is 6.92 Å². The molecule has 1 fully saturated rings. The summed E-state index contributed by atoms with van der Waals surface area (Å²) in [5.41, 5.74) is 3.23. The number of ether oxygens (including phenoxy) is 2. The molecule has 0 spiro atoms. The van der Waals surface area contributed by atoms with Gasteiger partial charge in [0.05, 0.1) is 26.9 Å². The maximum Gasteiger partial charge on any atom is 0.193 e. The Balaban J connectivity index is 1.94. The van der Waals surface area contributed by atoms with E-state index in [2.05, 4.69) is 4.90 Å². The smallest absolute Gasteiger partial charge is 0.193 e. The molecule has 0 amide bonds. The molecule has 1 heterocycles. The fourth-order valence-electron chi connectivity index (χ4n) is 3.37. The lowest BCUT2D eigenvalue weighted by Gasteiger charge is -2.28. The number of rotatable bonds is 7. The summed E-state index contributed by atoms with van der Waals surface area (Å²) in [6.07, 6.45) is 3.14. The minimum Gasteiger partial charge on any atom is -0.507 e. The van der Waals surface area contributed by atoms with E-state index in [0.29, 0.717) is 30.9 Å². The zero-order valence-corrected chi connectivity index (χ0v) is 16.9. The Morgan fingerprint density at radius 3 is 2.55 bits per heavy atom. The number of morpholine rings is 1. The van der Waals surface area contributed by atoms with Crippen LogP contribution in [-0.2, 0) is 17.9 Å². The Kier molecular flexibility index (Phi) is 7.04.